The second-order valence-electron chi connectivity index (χ2n) is 6.28. The normalized spacial score (nSPS) is 22.0. The van der Waals surface area contributed by atoms with E-state index in [4.69, 9.17) is 4.74 Å². The molecule has 1 N–H and O–H groups in total. The van der Waals surface area contributed by atoms with Gasteiger partial charge in [-0.3, -0.25) is 0 Å². The van der Waals surface area contributed by atoms with E-state index in [1.54, 1.807) is 0 Å². The van der Waals surface area contributed by atoms with E-state index in [9.17, 15) is 0 Å². The van der Waals surface area contributed by atoms with Crippen LogP contribution < -0.4 is 5.32 Å². The minimum absolute atomic E-state index is 0.601. The molecule has 1 aliphatic rings. The van der Waals surface area contributed by atoms with Crippen molar-refractivity contribution in [1.82, 2.24) is 10.2 Å². The van der Waals surface area contributed by atoms with Crippen LogP contribution in [0.3, 0.4) is 0 Å². The summed E-state index contributed by atoms with van der Waals surface area (Å²) in [6.07, 6.45) is 3.83. The molecule has 0 aliphatic carbocycles. The Hall–Kier alpha value is -0.120. The van der Waals surface area contributed by atoms with Gasteiger partial charge >= 0.3 is 0 Å². The summed E-state index contributed by atoms with van der Waals surface area (Å²) in [7, 11) is 0. The Bertz CT molecular complexity index is 207. The van der Waals surface area contributed by atoms with Crippen molar-refractivity contribution in [2.45, 2.75) is 59.0 Å². The lowest BCUT2D eigenvalue weighted by Crippen LogP contribution is -2.48. The van der Waals surface area contributed by atoms with Crippen molar-refractivity contribution in [2.75, 3.05) is 32.8 Å². The highest BCUT2D eigenvalue weighted by Crippen LogP contribution is 2.11. The molecule has 1 unspecified atom stereocenters. The van der Waals surface area contributed by atoms with Crippen LogP contribution in [0.4, 0.5) is 0 Å². The molecule has 3 heteroatoms. The molecule has 18 heavy (non-hydrogen) atoms. The lowest BCUT2D eigenvalue weighted by atomic mass is 10.0. The molecule has 1 saturated heterocycles. The highest BCUT2D eigenvalue weighted by molar-refractivity contribution is 4.79. The average molecular weight is 256 g/mol. The standard InChI is InChI=1S/C15H32N2O/c1-13(2)12-18-10-6-9-17-8-5-7-15(11-17)16-14(3)4/h13-16H,5-12H2,1-4H3. The van der Waals surface area contributed by atoms with Gasteiger partial charge in [0.25, 0.3) is 0 Å². The van der Waals surface area contributed by atoms with Crippen LogP contribution in [0.25, 0.3) is 0 Å². The number of rotatable bonds is 8. The fourth-order valence-electron chi connectivity index (χ4n) is 2.58. The van der Waals surface area contributed by atoms with Crippen molar-refractivity contribution in [2.24, 2.45) is 5.92 Å². The number of nitrogens with one attached hydrogen (secondary N) is 1. The first-order chi connectivity index (χ1) is 8.58. The number of ether oxygens (including phenoxy) is 1. The van der Waals surface area contributed by atoms with Crippen LogP contribution in [0.1, 0.15) is 47.0 Å². The second kappa shape index (κ2) is 8.89. The summed E-state index contributed by atoms with van der Waals surface area (Å²) in [4.78, 5) is 2.59. The Balaban J connectivity index is 2.07. The Morgan fingerprint density at radius 2 is 2.06 bits per heavy atom. The SMILES string of the molecule is CC(C)COCCCN1CCCC(NC(C)C)C1. The first-order valence-electron chi connectivity index (χ1n) is 7.64. The number of hydrogen-bond acceptors (Lipinski definition) is 3. The number of nitrogens with zero attached hydrogens (tertiary/aromatic N) is 1. The van der Waals surface area contributed by atoms with Gasteiger partial charge in [0.05, 0.1) is 0 Å². The van der Waals surface area contributed by atoms with E-state index >= 15 is 0 Å². The van der Waals surface area contributed by atoms with E-state index in [0.717, 1.165) is 13.2 Å². The molecule has 0 aromatic carbocycles. The van der Waals surface area contributed by atoms with Gasteiger partial charge in [-0.15, -0.1) is 0 Å². The molecule has 0 spiro atoms. The molecule has 0 saturated carbocycles. The maximum atomic E-state index is 5.64. The average Bonchev–Trinajstić information content (AvgIpc) is 2.27. The topological polar surface area (TPSA) is 24.5 Å². The first kappa shape index (κ1) is 15.9. The lowest BCUT2D eigenvalue weighted by Gasteiger charge is -2.34. The van der Waals surface area contributed by atoms with Crippen LogP contribution in [0.2, 0.25) is 0 Å². The van der Waals surface area contributed by atoms with E-state index in [2.05, 4.69) is 37.9 Å². The van der Waals surface area contributed by atoms with Crippen molar-refractivity contribution in [3.8, 4) is 0 Å². The summed E-state index contributed by atoms with van der Waals surface area (Å²) in [5, 5.41) is 3.66. The van der Waals surface area contributed by atoms with Gasteiger partial charge < -0.3 is 15.0 Å². The molecule has 3 nitrogen and oxygen atoms in total. The Kier molecular flexibility index (Phi) is 7.87. The van der Waals surface area contributed by atoms with Crippen molar-refractivity contribution in [3.63, 3.8) is 0 Å². The van der Waals surface area contributed by atoms with Gasteiger partial charge in [-0.05, 0) is 31.7 Å². The third-order valence-corrected chi connectivity index (χ3v) is 3.29. The van der Waals surface area contributed by atoms with Gasteiger partial charge in [0.2, 0.25) is 0 Å². The number of likely N-dealkylation sites (tertiary alicyclic amines) is 1. The molecule has 0 aromatic heterocycles. The largest absolute Gasteiger partial charge is 0.381 e. The van der Waals surface area contributed by atoms with Gasteiger partial charge in [-0.2, -0.15) is 0 Å². The minimum Gasteiger partial charge on any atom is -0.381 e. The van der Waals surface area contributed by atoms with Gasteiger partial charge in [-0.25, -0.2) is 0 Å². The highest BCUT2D eigenvalue weighted by Gasteiger charge is 2.19. The van der Waals surface area contributed by atoms with Crippen LogP contribution >= 0.6 is 0 Å². The lowest BCUT2D eigenvalue weighted by molar-refractivity contribution is 0.0938. The van der Waals surface area contributed by atoms with Crippen LogP contribution in [0, 0.1) is 5.92 Å². The van der Waals surface area contributed by atoms with Crippen LogP contribution in [-0.2, 0) is 4.74 Å². The quantitative estimate of drug-likeness (QED) is 0.675. The Morgan fingerprint density at radius 3 is 2.72 bits per heavy atom. The molecule has 1 fully saturated rings. The van der Waals surface area contributed by atoms with Crippen molar-refractivity contribution in [3.05, 3.63) is 0 Å². The Labute approximate surface area is 113 Å². The third-order valence-electron chi connectivity index (χ3n) is 3.29. The molecule has 0 aromatic rings. The van der Waals surface area contributed by atoms with Crippen molar-refractivity contribution >= 4 is 0 Å². The number of piperidine rings is 1. The van der Waals surface area contributed by atoms with E-state index in [0.29, 0.717) is 18.0 Å². The zero-order valence-corrected chi connectivity index (χ0v) is 12.7. The molecule has 108 valence electrons. The molecule has 1 atom stereocenters. The second-order valence-corrected chi connectivity index (χ2v) is 6.28. The monoisotopic (exact) mass is 256 g/mol. The van der Waals surface area contributed by atoms with Crippen molar-refractivity contribution < 1.29 is 4.74 Å². The molecule has 0 radical (unpaired) electrons. The highest BCUT2D eigenvalue weighted by atomic mass is 16.5. The summed E-state index contributed by atoms with van der Waals surface area (Å²) < 4.78 is 5.64. The maximum absolute atomic E-state index is 5.64. The fourth-order valence-corrected chi connectivity index (χ4v) is 2.58. The van der Waals surface area contributed by atoms with Gasteiger partial charge in [0.1, 0.15) is 0 Å². The molecule has 1 heterocycles. The van der Waals surface area contributed by atoms with Crippen LogP contribution in [0.5, 0.6) is 0 Å². The van der Waals surface area contributed by atoms with E-state index in [-0.39, 0.29) is 0 Å². The predicted molar refractivity (Wildman–Crippen MR) is 78.0 cm³/mol. The number of hydrogen-bond donors (Lipinski definition) is 1. The summed E-state index contributed by atoms with van der Waals surface area (Å²) >= 11 is 0. The van der Waals surface area contributed by atoms with E-state index < -0.39 is 0 Å². The van der Waals surface area contributed by atoms with Crippen LogP contribution in [0.15, 0.2) is 0 Å². The van der Waals surface area contributed by atoms with Gasteiger partial charge in [0.15, 0.2) is 0 Å². The molecule has 1 aliphatic heterocycles. The first-order valence-corrected chi connectivity index (χ1v) is 7.64. The fraction of sp³-hybridized carbons (Fsp3) is 1.00. The van der Waals surface area contributed by atoms with E-state index in [1.165, 1.54) is 38.9 Å². The summed E-state index contributed by atoms with van der Waals surface area (Å²) in [6.45, 7) is 14.3. The Morgan fingerprint density at radius 1 is 1.28 bits per heavy atom. The summed E-state index contributed by atoms with van der Waals surface area (Å²) in [6, 6.07) is 1.29. The molecule has 0 bridgehead atoms. The molecule has 0 amide bonds. The minimum atomic E-state index is 0.601. The van der Waals surface area contributed by atoms with Gasteiger partial charge in [0, 0.05) is 38.4 Å². The molecular weight excluding hydrogens is 224 g/mol. The zero-order chi connectivity index (χ0) is 13.4. The van der Waals surface area contributed by atoms with E-state index in [1.807, 2.05) is 0 Å². The third kappa shape index (κ3) is 7.34. The predicted octanol–water partition coefficient (Wildman–Crippen LogP) is 2.51. The van der Waals surface area contributed by atoms with Crippen LogP contribution in [-0.4, -0.2) is 49.8 Å². The zero-order valence-electron chi connectivity index (χ0n) is 12.7. The maximum Gasteiger partial charge on any atom is 0.0489 e. The van der Waals surface area contributed by atoms with Gasteiger partial charge in [-0.1, -0.05) is 27.7 Å². The molecule has 1 rings (SSSR count). The summed E-state index contributed by atoms with van der Waals surface area (Å²) in [5.41, 5.74) is 0. The smallest absolute Gasteiger partial charge is 0.0489 e. The van der Waals surface area contributed by atoms with Crippen molar-refractivity contribution in [1.29, 1.82) is 0 Å². The summed E-state index contributed by atoms with van der Waals surface area (Å²) in [5.74, 6) is 0.652. The molecular formula is C15H32N2O.